The Morgan fingerprint density at radius 1 is 0.556 bits per heavy atom. The first-order valence-electron chi connectivity index (χ1n) is 12.6. The summed E-state index contributed by atoms with van der Waals surface area (Å²) in [5.74, 6) is -1.53. The number of carboxylic acids is 2. The van der Waals surface area contributed by atoms with Gasteiger partial charge in [-0.25, -0.2) is 9.59 Å². The van der Waals surface area contributed by atoms with E-state index in [1.807, 2.05) is 69.2 Å². The summed E-state index contributed by atoms with van der Waals surface area (Å²) >= 11 is 0. The number of benzene rings is 2. The summed E-state index contributed by atoms with van der Waals surface area (Å²) in [7, 11) is 0. The predicted octanol–water partition coefficient (Wildman–Crippen LogP) is 8.46. The van der Waals surface area contributed by atoms with Gasteiger partial charge in [-0.3, -0.25) is 9.98 Å². The van der Waals surface area contributed by atoms with Crippen LogP contribution in [-0.4, -0.2) is 33.6 Å². The van der Waals surface area contributed by atoms with Gasteiger partial charge in [-0.2, -0.15) is 0 Å². The molecule has 2 rings (SSSR count). The molecule has 2 aromatic carbocycles. The summed E-state index contributed by atoms with van der Waals surface area (Å²) in [6.45, 7) is 20.1. The van der Waals surface area contributed by atoms with Crippen molar-refractivity contribution in [3.8, 4) is 0 Å². The smallest absolute Gasteiger partial charge is 0.335 e. The van der Waals surface area contributed by atoms with Gasteiger partial charge in [-0.15, -0.1) is 0 Å². The molecule has 6 heteroatoms. The van der Waals surface area contributed by atoms with Gasteiger partial charge >= 0.3 is 11.9 Å². The minimum absolute atomic E-state index is 0.0919. The van der Waals surface area contributed by atoms with E-state index in [4.69, 9.17) is 9.98 Å². The zero-order chi connectivity index (χ0) is 27.5. The van der Waals surface area contributed by atoms with Gasteiger partial charge in [0.15, 0.2) is 0 Å². The molecule has 0 aliphatic carbocycles. The highest BCUT2D eigenvalue weighted by atomic mass is 16.4. The molecule has 0 saturated carbocycles. The topological polar surface area (TPSA) is 99.3 Å². The molecule has 0 radical (unpaired) electrons. The third-order valence-corrected chi connectivity index (χ3v) is 6.40. The van der Waals surface area contributed by atoms with Gasteiger partial charge < -0.3 is 10.2 Å². The monoisotopic (exact) mass is 492 g/mol. The van der Waals surface area contributed by atoms with Gasteiger partial charge in [0.2, 0.25) is 0 Å². The normalized spacial score (nSPS) is 12.8. The molecule has 0 atom stereocenters. The van der Waals surface area contributed by atoms with E-state index >= 15 is 0 Å². The Hall–Kier alpha value is -3.28. The van der Waals surface area contributed by atoms with E-state index < -0.39 is 11.9 Å². The first-order valence-corrected chi connectivity index (χ1v) is 12.6. The molecule has 0 heterocycles. The third-order valence-electron chi connectivity index (χ3n) is 6.40. The fraction of sp³-hybridized carbons (Fsp3) is 0.467. The molecule has 0 aliphatic heterocycles. The second kappa shape index (κ2) is 11.6. The first-order chi connectivity index (χ1) is 16.6. The Labute approximate surface area is 215 Å². The summed E-state index contributed by atoms with van der Waals surface area (Å²) in [5.41, 5.74) is 7.16. The second-order valence-corrected chi connectivity index (χ2v) is 10.6. The van der Waals surface area contributed by atoms with Crippen molar-refractivity contribution in [1.82, 2.24) is 0 Å². The highest BCUT2D eigenvalue weighted by Gasteiger charge is 2.21. The molecule has 0 bridgehead atoms. The Morgan fingerprint density at radius 2 is 0.778 bits per heavy atom. The fourth-order valence-corrected chi connectivity index (χ4v) is 4.12. The molecule has 0 amide bonds. The molecule has 2 aromatic rings. The number of nitrogens with zero attached hydrogens (tertiary/aromatic N) is 2. The second-order valence-electron chi connectivity index (χ2n) is 10.6. The number of hydrogen-bond acceptors (Lipinski definition) is 4. The zero-order valence-electron chi connectivity index (χ0n) is 23.2. The average Bonchev–Trinajstić information content (AvgIpc) is 2.77. The molecule has 36 heavy (non-hydrogen) atoms. The maximum absolute atomic E-state index is 11.7. The number of aromatic carboxylic acids is 2. The Morgan fingerprint density at radius 3 is 0.944 bits per heavy atom. The van der Waals surface area contributed by atoms with Crippen molar-refractivity contribution >= 4 is 34.7 Å². The molecule has 0 aliphatic rings. The lowest BCUT2D eigenvalue weighted by molar-refractivity contribution is 0.0686. The molecule has 0 unspecified atom stereocenters. The summed E-state index contributed by atoms with van der Waals surface area (Å²) in [4.78, 5) is 33.5. The fourth-order valence-electron chi connectivity index (χ4n) is 4.12. The van der Waals surface area contributed by atoms with Gasteiger partial charge in [0.25, 0.3) is 0 Å². The molecule has 2 N–H and O–H groups in total. The van der Waals surface area contributed by atoms with Crippen LogP contribution in [0.25, 0.3) is 0 Å². The van der Waals surface area contributed by atoms with Crippen LogP contribution < -0.4 is 0 Å². The molecule has 6 nitrogen and oxygen atoms in total. The number of carboxylic acid groups (broad SMARTS) is 2. The molecule has 0 aromatic heterocycles. The minimum atomic E-state index is -0.948. The van der Waals surface area contributed by atoms with Crippen LogP contribution >= 0.6 is 0 Å². The number of carbonyl (C=O) groups is 2. The zero-order valence-corrected chi connectivity index (χ0v) is 23.2. The van der Waals surface area contributed by atoms with Gasteiger partial charge in [0.05, 0.1) is 33.9 Å². The average molecular weight is 493 g/mol. The van der Waals surface area contributed by atoms with Crippen molar-refractivity contribution in [3.05, 3.63) is 57.6 Å². The van der Waals surface area contributed by atoms with Crippen molar-refractivity contribution in [1.29, 1.82) is 0 Å². The van der Waals surface area contributed by atoms with E-state index in [9.17, 15) is 19.8 Å². The van der Waals surface area contributed by atoms with Crippen molar-refractivity contribution < 1.29 is 19.8 Å². The van der Waals surface area contributed by atoms with E-state index in [0.717, 1.165) is 45.1 Å². The van der Waals surface area contributed by atoms with Crippen LogP contribution in [-0.2, 0) is 0 Å². The van der Waals surface area contributed by atoms with Crippen LogP contribution in [0.3, 0.4) is 0 Å². The van der Waals surface area contributed by atoms with Crippen LogP contribution in [0, 0.1) is 0 Å². The minimum Gasteiger partial charge on any atom is -0.478 e. The highest BCUT2D eigenvalue weighted by Crippen LogP contribution is 2.38. The van der Waals surface area contributed by atoms with E-state index in [0.29, 0.717) is 0 Å². The summed E-state index contributed by atoms with van der Waals surface area (Å²) in [5, 5.41) is 19.3. The standard InChI is InChI=1S/C30H40N2O4/c1-15(2)23-11-21(29(33)34)12-24(16(3)4)27(23)31-19(9)20(10)32-28-25(17(5)6)13-22(30(35)36)14-26(28)18(7)8/h11-18H,1-10H3,(H,33,34)(H,35,36). The van der Waals surface area contributed by atoms with Crippen molar-refractivity contribution in [2.75, 3.05) is 0 Å². The molecule has 0 fully saturated rings. The van der Waals surface area contributed by atoms with Crippen molar-refractivity contribution in [2.24, 2.45) is 9.98 Å². The van der Waals surface area contributed by atoms with E-state index in [1.165, 1.54) is 0 Å². The molecule has 0 saturated heterocycles. The SMILES string of the molecule is CC(=Nc1c(C(C)C)cc(C(=O)O)cc1C(C)C)C(C)=Nc1c(C(C)C)cc(C(=O)O)cc1C(C)C. The highest BCUT2D eigenvalue weighted by molar-refractivity contribution is 6.41. The lowest BCUT2D eigenvalue weighted by Gasteiger charge is -2.20. The summed E-state index contributed by atoms with van der Waals surface area (Å²) < 4.78 is 0. The van der Waals surface area contributed by atoms with Gasteiger partial charge in [0, 0.05) is 0 Å². The van der Waals surface area contributed by atoms with Crippen LogP contribution in [0.15, 0.2) is 34.3 Å². The quantitative estimate of drug-likeness (QED) is 0.343. The lowest BCUT2D eigenvalue weighted by Crippen LogP contribution is -2.09. The Bertz CT molecular complexity index is 1060. The molecule has 0 spiro atoms. The number of aliphatic imine (C=N–C) groups is 2. The summed E-state index contributed by atoms with van der Waals surface area (Å²) in [6, 6.07) is 6.87. The van der Waals surface area contributed by atoms with Crippen LogP contribution in [0.2, 0.25) is 0 Å². The first kappa shape index (κ1) is 29.0. The maximum Gasteiger partial charge on any atom is 0.335 e. The van der Waals surface area contributed by atoms with Gasteiger partial charge in [-0.05, 0) is 84.0 Å². The molecular formula is C30H40N2O4. The largest absolute Gasteiger partial charge is 0.478 e. The van der Waals surface area contributed by atoms with Gasteiger partial charge in [-0.1, -0.05) is 55.4 Å². The number of hydrogen-bond donors (Lipinski definition) is 2. The van der Waals surface area contributed by atoms with Crippen LogP contribution in [0.5, 0.6) is 0 Å². The maximum atomic E-state index is 11.7. The lowest BCUT2D eigenvalue weighted by atomic mass is 9.90. The Balaban J connectivity index is 2.78. The molecular weight excluding hydrogens is 452 g/mol. The van der Waals surface area contributed by atoms with Crippen LogP contribution in [0.4, 0.5) is 11.4 Å². The Kier molecular flexibility index (Phi) is 9.36. The van der Waals surface area contributed by atoms with E-state index in [2.05, 4.69) is 0 Å². The van der Waals surface area contributed by atoms with E-state index in [1.54, 1.807) is 24.3 Å². The summed E-state index contributed by atoms with van der Waals surface area (Å²) in [6.07, 6.45) is 0. The third kappa shape index (κ3) is 6.48. The predicted molar refractivity (Wildman–Crippen MR) is 149 cm³/mol. The molecule has 194 valence electrons. The number of rotatable bonds is 9. The van der Waals surface area contributed by atoms with Gasteiger partial charge in [0.1, 0.15) is 0 Å². The van der Waals surface area contributed by atoms with Crippen LogP contribution in [0.1, 0.15) is 136 Å². The van der Waals surface area contributed by atoms with Crippen molar-refractivity contribution in [2.45, 2.75) is 92.9 Å². The van der Waals surface area contributed by atoms with E-state index in [-0.39, 0.29) is 34.8 Å². The van der Waals surface area contributed by atoms with Crippen molar-refractivity contribution in [3.63, 3.8) is 0 Å².